The Balaban J connectivity index is 1.60. The van der Waals surface area contributed by atoms with Crippen molar-refractivity contribution in [1.82, 2.24) is 15.5 Å². The maximum atomic E-state index is 13.3. The second-order valence-electron chi connectivity index (χ2n) is 10.7. The summed E-state index contributed by atoms with van der Waals surface area (Å²) in [6, 6.07) is 13.4. The van der Waals surface area contributed by atoms with Crippen LogP contribution in [0.25, 0.3) is 0 Å². The molecule has 0 radical (unpaired) electrons. The van der Waals surface area contributed by atoms with E-state index >= 15 is 0 Å². The Bertz CT molecular complexity index is 1280. The van der Waals surface area contributed by atoms with Crippen LogP contribution in [0.1, 0.15) is 72.7 Å². The topological polar surface area (TPSA) is 150 Å². The molecule has 2 aromatic rings. The molecular formula is C31H37N3O7S. The fraction of sp³-hybridized carbons (Fsp3) is 0.419. The number of carboxylic acids is 1. The number of nitrogens with zero attached hydrogens (tertiary/aromatic N) is 1. The minimum atomic E-state index is -1.19. The predicted octanol–water partition coefficient (Wildman–Crippen LogP) is 3.44. The number of rotatable bonds is 15. The van der Waals surface area contributed by atoms with Crippen LogP contribution in [-0.4, -0.2) is 68.6 Å². The molecule has 224 valence electrons. The maximum absolute atomic E-state index is 13.3. The van der Waals surface area contributed by atoms with E-state index in [2.05, 4.69) is 10.6 Å². The van der Waals surface area contributed by atoms with Crippen molar-refractivity contribution in [2.45, 2.75) is 70.2 Å². The summed E-state index contributed by atoms with van der Waals surface area (Å²) >= 11 is 0.850. The fourth-order valence-corrected chi connectivity index (χ4v) is 5.64. The number of benzene rings is 2. The minimum absolute atomic E-state index is 0.0111. The largest absolute Gasteiger partial charge is 0.480 e. The summed E-state index contributed by atoms with van der Waals surface area (Å²) < 4.78 is 0. The van der Waals surface area contributed by atoms with Gasteiger partial charge in [0.05, 0.1) is 16.4 Å². The van der Waals surface area contributed by atoms with Crippen molar-refractivity contribution in [3.8, 4) is 0 Å². The number of aliphatic carboxylic acids is 1. The molecule has 11 heteroatoms. The quantitative estimate of drug-likeness (QED) is 0.209. The Morgan fingerprint density at radius 3 is 1.95 bits per heavy atom. The Kier molecular flexibility index (Phi) is 11.8. The van der Waals surface area contributed by atoms with Gasteiger partial charge in [-0.25, -0.2) is 4.79 Å². The number of nitrogens with one attached hydrogen (secondary N) is 2. The van der Waals surface area contributed by atoms with Gasteiger partial charge in [-0.2, -0.15) is 0 Å². The van der Waals surface area contributed by atoms with Crippen LogP contribution in [0.2, 0.25) is 0 Å². The SMILES string of the molecule is CC(=O)SC(CCCCN1C(=O)c2ccccc2C1=O)C(=O)NC(CC(C)C)C(=O)N[C@@H](Cc1ccccc1)C(=O)O. The van der Waals surface area contributed by atoms with E-state index in [1.54, 1.807) is 48.5 Å². The first-order valence-electron chi connectivity index (χ1n) is 14.0. The smallest absolute Gasteiger partial charge is 0.326 e. The number of carbonyl (C=O) groups is 6. The van der Waals surface area contributed by atoms with Gasteiger partial charge < -0.3 is 15.7 Å². The summed E-state index contributed by atoms with van der Waals surface area (Å²) in [4.78, 5) is 76.7. The summed E-state index contributed by atoms with van der Waals surface area (Å²) in [7, 11) is 0. The lowest BCUT2D eigenvalue weighted by molar-refractivity contribution is -0.142. The Morgan fingerprint density at radius 1 is 0.833 bits per heavy atom. The van der Waals surface area contributed by atoms with Crippen LogP contribution in [0.4, 0.5) is 0 Å². The monoisotopic (exact) mass is 595 g/mol. The third-order valence-electron chi connectivity index (χ3n) is 6.81. The lowest BCUT2D eigenvalue weighted by Gasteiger charge is -2.25. The van der Waals surface area contributed by atoms with Crippen LogP contribution in [0.5, 0.6) is 0 Å². The number of fused-ring (bicyclic) bond motifs is 1. The second-order valence-corrected chi connectivity index (χ2v) is 12.1. The molecular weight excluding hydrogens is 558 g/mol. The minimum Gasteiger partial charge on any atom is -0.480 e. The lowest BCUT2D eigenvalue weighted by Crippen LogP contribution is -2.54. The number of thioether (sulfide) groups is 1. The van der Waals surface area contributed by atoms with Crippen molar-refractivity contribution >= 4 is 46.5 Å². The molecule has 42 heavy (non-hydrogen) atoms. The molecule has 4 amide bonds. The highest BCUT2D eigenvalue weighted by Crippen LogP contribution is 2.24. The normalized spacial score (nSPS) is 14.7. The Labute approximate surface area is 249 Å². The van der Waals surface area contributed by atoms with Crippen LogP contribution in [-0.2, 0) is 25.6 Å². The van der Waals surface area contributed by atoms with Crippen molar-refractivity contribution < 1.29 is 33.9 Å². The molecule has 0 fully saturated rings. The molecule has 0 saturated heterocycles. The lowest BCUT2D eigenvalue weighted by atomic mass is 10.0. The maximum Gasteiger partial charge on any atom is 0.326 e. The average Bonchev–Trinajstić information content (AvgIpc) is 3.18. The highest BCUT2D eigenvalue weighted by molar-refractivity contribution is 8.14. The first-order valence-corrected chi connectivity index (χ1v) is 14.9. The summed E-state index contributed by atoms with van der Waals surface area (Å²) in [6.07, 6.45) is 1.52. The van der Waals surface area contributed by atoms with Gasteiger partial charge >= 0.3 is 5.97 Å². The van der Waals surface area contributed by atoms with Crippen molar-refractivity contribution in [1.29, 1.82) is 0 Å². The highest BCUT2D eigenvalue weighted by Gasteiger charge is 2.35. The molecule has 0 aromatic heterocycles. The van der Waals surface area contributed by atoms with Gasteiger partial charge in [-0.15, -0.1) is 0 Å². The van der Waals surface area contributed by atoms with Crippen LogP contribution < -0.4 is 10.6 Å². The molecule has 2 unspecified atom stereocenters. The molecule has 1 aliphatic rings. The summed E-state index contributed by atoms with van der Waals surface area (Å²) in [5.41, 5.74) is 1.49. The van der Waals surface area contributed by atoms with Gasteiger partial charge in [0.15, 0.2) is 5.12 Å². The number of unbranched alkanes of at least 4 members (excludes halogenated alkanes) is 1. The molecule has 2 aromatic carbocycles. The zero-order chi connectivity index (χ0) is 30.8. The van der Waals surface area contributed by atoms with Gasteiger partial charge in [-0.3, -0.25) is 28.9 Å². The molecule has 1 aliphatic heterocycles. The Hall–Kier alpha value is -3.99. The van der Waals surface area contributed by atoms with E-state index in [1.165, 1.54) is 11.8 Å². The molecule has 0 bridgehead atoms. The summed E-state index contributed by atoms with van der Waals surface area (Å²) in [5.74, 6) is -3.00. The van der Waals surface area contributed by atoms with Crippen LogP contribution in [0.15, 0.2) is 54.6 Å². The average molecular weight is 596 g/mol. The molecule has 0 saturated carbocycles. The van der Waals surface area contributed by atoms with Crippen molar-refractivity contribution in [3.63, 3.8) is 0 Å². The number of amides is 4. The Morgan fingerprint density at radius 2 is 1.40 bits per heavy atom. The van der Waals surface area contributed by atoms with E-state index in [-0.39, 0.29) is 48.7 Å². The third-order valence-corrected chi connectivity index (χ3v) is 7.88. The van der Waals surface area contributed by atoms with E-state index in [4.69, 9.17) is 0 Å². The molecule has 3 atom stereocenters. The second kappa shape index (κ2) is 15.3. The molecule has 0 aliphatic carbocycles. The summed E-state index contributed by atoms with van der Waals surface area (Å²) in [6.45, 7) is 5.29. The molecule has 1 heterocycles. The van der Waals surface area contributed by atoms with E-state index < -0.39 is 35.1 Å². The standard InChI is InChI=1S/C31H37N3O7S/c1-19(2)17-24(27(36)33-25(31(40)41)18-21-11-5-4-6-12-21)32-28(37)26(42-20(3)35)15-9-10-16-34-29(38)22-13-7-8-14-23(22)30(34)39/h4-8,11-14,19,24-26H,9-10,15-18H2,1-3H3,(H,32,37)(H,33,36)(H,40,41)/t24?,25-,26?/m0/s1. The van der Waals surface area contributed by atoms with Crippen LogP contribution >= 0.6 is 11.8 Å². The van der Waals surface area contributed by atoms with Gasteiger partial charge in [-0.05, 0) is 42.9 Å². The zero-order valence-electron chi connectivity index (χ0n) is 24.0. The molecule has 10 nitrogen and oxygen atoms in total. The molecule has 3 N–H and O–H groups in total. The zero-order valence-corrected chi connectivity index (χ0v) is 24.8. The highest BCUT2D eigenvalue weighted by atomic mass is 32.2. The van der Waals surface area contributed by atoms with E-state index in [0.717, 1.165) is 17.3 Å². The van der Waals surface area contributed by atoms with Gasteiger partial charge in [0.2, 0.25) is 11.8 Å². The predicted molar refractivity (Wildman–Crippen MR) is 159 cm³/mol. The van der Waals surface area contributed by atoms with Gasteiger partial charge in [0, 0.05) is 19.9 Å². The van der Waals surface area contributed by atoms with Crippen molar-refractivity contribution in [2.75, 3.05) is 6.54 Å². The van der Waals surface area contributed by atoms with Gasteiger partial charge in [-0.1, -0.05) is 74.5 Å². The first-order chi connectivity index (χ1) is 20.0. The number of hydrogen-bond acceptors (Lipinski definition) is 7. The van der Waals surface area contributed by atoms with E-state index in [1.807, 2.05) is 19.9 Å². The van der Waals surface area contributed by atoms with Gasteiger partial charge in [0.1, 0.15) is 12.1 Å². The third kappa shape index (κ3) is 9.01. The fourth-order valence-electron chi connectivity index (χ4n) is 4.78. The number of carbonyl (C=O) groups excluding carboxylic acids is 5. The number of imide groups is 1. The van der Waals surface area contributed by atoms with E-state index in [9.17, 15) is 33.9 Å². The number of hydrogen-bond donors (Lipinski definition) is 3. The van der Waals surface area contributed by atoms with Crippen LogP contribution in [0, 0.1) is 5.92 Å². The van der Waals surface area contributed by atoms with Gasteiger partial charge in [0.25, 0.3) is 11.8 Å². The first kappa shape index (κ1) is 32.5. The van der Waals surface area contributed by atoms with E-state index in [0.29, 0.717) is 24.0 Å². The van der Waals surface area contributed by atoms with Crippen molar-refractivity contribution in [2.24, 2.45) is 5.92 Å². The summed E-state index contributed by atoms with van der Waals surface area (Å²) in [5, 5.41) is 13.9. The molecule has 3 rings (SSSR count). The van der Waals surface area contributed by atoms with Crippen molar-refractivity contribution in [3.05, 3.63) is 71.3 Å². The number of carboxylic acid groups (broad SMARTS) is 1. The van der Waals surface area contributed by atoms with Crippen LogP contribution in [0.3, 0.4) is 0 Å². The molecule has 0 spiro atoms.